The number of rotatable bonds is 4. The van der Waals surface area contributed by atoms with Crippen molar-refractivity contribution in [2.75, 3.05) is 39.3 Å². The monoisotopic (exact) mass is 453 g/mol. The predicted octanol–water partition coefficient (Wildman–Crippen LogP) is 4.56. The molecule has 2 saturated heterocycles. The molecule has 0 N–H and O–H groups in total. The number of piperazine rings is 1. The first kappa shape index (κ1) is 24.3. The van der Waals surface area contributed by atoms with Crippen LogP contribution in [0.2, 0.25) is 0 Å². The molecule has 33 heavy (non-hydrogen) atoms. The average Bonchev–Trinajstić information content (AvgIpc) is 3.33. The van der Waals surface area contributed by atoms with E-state index in [0.29, 0.717) is 24.9 Å². The Hall–Kier alpha value is -1.88. The van der Waals surface area contributed by atoms with Gasteiger partial charge in [0.05, 0.1) is 6.04 Å². The van der Waals surface area contributed by atoms with Gasteiger partial charge in [0, 0.05) is 44.8 Å². The van der Waals surface area contributed by atoms with Crippen LogP contribution in [0.3, 0.4) is 0 Å². The Morgan fingerprint density at radius 3 is 1.94 bits per heavy atom. The standard InChI is InChI=1S/C28H43N3O2/c1-21-13-15-30(16-14-21)27(33)25(22-7-5-6-8-22)29-17-19-31(20-18-29)26(32)23-9-11-24(12-10-23)28(2,3)4/h9-12,21-22,25H,5-8,13-20H2,1-4H3. The number of benzene rings is 1. The largest absolute Gasteiger partial charge is 0.341 e. The number of likely N-dealkylation sites (tertiary alicyclic amines) is 1. The first-order chi connectivity index (χ1) is 15.7. The van der Waals surface area contributed by atoms with Gasteiger partial charge in [0.15, 0.2) is 0 Å². The van der Waals surface area contributed by atoms with Crippen LogP contribution < -0.4 is 0 Å². The van der Waals surface area contributed by atoms with Crippen molar-refractivity contribution in [3.8, 4) is 0 Å². The number of nitrogens with zero attached hydrogens (tertiary/aromatic N) is 3. The molecule has 5 nitrogen and oxygen atoms in total. The molecule has 1 atom stereocenters. The fourth-order valence-corrected chi connectivity index (χ4v) is 5.84. The van der Waals surface area contributed by atoms with Crippen LogP contribution in [0.5, 0.6) is 0 Å². The molecule has 3 fully saturated rings. The lowest BCUT2D eigenvalue weighted by Crippen LogP contribution is -2.59. The fraction of sp³-hybridized carbons (Fsp3) is 0.714. The van der Waals surface area contributed by atoms with Gasteiger partial charge in [-0.3, -0.25) is 14.5 Å². The van der Waals surface area contributed by atoms with Crippen molar-refractivity contribution in [1.29, 1.82) is 0 Å². The number of hydrogen-bond acceptors (Lipinski definition) is 3. The summed E-state index contributed by atoms with van der Waals surface area (Å²) in [5, 5.41) is 0. The molecule has 2 aliphatic heterocycles. The summed E-state index contributed by atoms with van der Waals surface area (Å²) in [4.78, 5) is 33.3. The molecule has 182 valence electrons. The highest BCUT2D eigenvalue weighted by molar-refractivity contribution is 5.94. The molecule has 1 aromatic rings. The van der Waals surface area contributed by atoms with Crippen molar-refractivity contribution in [2.24, 2.45) is 11.8 Å². The molecule has 0 radical (unpaired) electrons. The molecule has 1 saturated carbocycles. The third-order valence-electron chi connectivity index (χ3n) is 8.19. The minimum absolute atomic E-state index is 0.00391. The van der Waals surface area contributed by atoms with E-state index in [4.69, 9.17) is 0 Å². The SMILES string of the molecule is CC1CCN(C(=O)C(C2CCCC2)N2CCN(C(=O)c3ccc(C(C)(C)C)cc3)CC2)CC1. The van der Waals surface area contributed by atoms with E-state index in [1.807, 2.05) is 17.0 Å². The Balaban J connectivity index is 1.39. The van der Waals surface area contributed by atoms with Gasteiger partial charge in [0.1, 0.15) is 0 Å². The number of amides is 2. The van der Waals surface area contributed by atoms with Crippen molar-refractivity contribution in [1.82, 2.24) is 14.7 Å². The molecule has 5 heteroatoms. The van der Waals surface area contributed by atoms with Gasteiger partial charge < -0.3 is 9.80 Å². The molecule has 2 heterocycles. The maximum Gasteiger partial charge on any atom is 0.253 e. The molecular formula is C28H43N3O2. The van der Waals surface area contributed by atoms with Crippen LogP contribution in [0, 0.1) is 11.8 Å². The van der Waals surface area contributed by atoms with Gasteiger partial charge >= 0.3 is 0 Å². The van der Waals surface area contributed by atoms with Crippen molar-refractivity contribution in [2.45, 2.75) is 77.7 Å². The Kier molecular flexibility index (Phi) is 7.47. The number of hydrogen-bond donors (Lipinski definition) is 0. The minimum atomic E-state index is 0.00391. The first-order valence-electron chi connectivity index (χ1n) is 13.2. The molecule has 0 spiro atoms. The van der Waals surface area contributed by atoms with E-state index in [1.165, 1.54) is 31.2 Å². The van der Waals surface area contributed by atoms with Crippen LogP contribution in [-0.2, 0) is 10.2 Å². The highest BCUT2D eigenvalue weighted by Crippen LogP contribution is 2.33. The van der Waals surface area contributed by atoms with Crippen molar-refractivity contribution >= 4 is 11.8 Å². The second-order valence-corrected chi connectivity index (χ2v) is 11.7. The summed E-state index contributed by atoms with van der Waals surface area (Å²) in [6.07, 6.45) is 7.07. The minimum Gasteiger partial charge on any atom is -0.341 e. The summed E-state index contributed by atoms with van der Waals surface area (Å²) in [5.74, 6) is 1.67. The van der Waals surface area contributed by atoms with Crippen molar-refractivity contribution in [3.63, 3.8) is 0 Å². The summed E-state index contributed by atoms with van der Waals surface area (Å²) in [7, 11) is 0. The van der Waals surface area contributed by atoms with Crippen LogP contribution in [0.1, 0.15) is 82.1 Å². The number of piperidine rings is 1. The van der Waals surface area contributed by atoms with Gasteiger partial charge in [-0.2, -0.15) is 0 Å². The zero-order valence-corrected chi connectivity index (χ0v) is 21.2. The van der Waals surface area contributed by atoms with E-state index in [9.17, 15) is 9.59 Å². The summed E-state index contributed by atoms with van der Waals surface area (Å²) in [5.41, 5.74) is 2.10. The first-order valence-corrected chi connectivity index (χ1v) is 13.2. The highest BCUT2D eigenvalue weighted by Gasteiger charge is 2.39. The van der Waals surface area contributed by atoms with Gasteiger partial charge in [0.25, 0.3) is 5.91 Å². The number of carbonyl (C=O) groups excluding carboxylic acids is 2. The molecule has 0 aromatic heterocycles. The molecule has 1 aliphatic carbocycles. The third-order valence-corrected chi connectivity index (χ3v) is 8.19. The van der Waals surface area contributed by atoms with Gasteiger partial charge in [-0.1, -0.05) is 52.7 Å². The molecule has 0 bridgehead atoms. The molecule has 4 rings (SSSR count). The van der Waals surface area contributed by atoms with E-state index in [0.717, 1.165) is 50.5 Å². The van der Waals surface area contributed by atoms with Gasteiger partial charge in [-0.15, -0.1) is 0 Å². The van der Waals surface area contributed by atoms with E-state index in [-0.39, 0.29) is 17.4 Å². The fourth-order valence-electron chi connectivity index (χ4n) is 5.84. The van der Waals surface area contributed by atoms with Crippen molar-refractivity contribution in [3.05, 3.63) is 35.4 Å². The third kappa shape index (κ3) is 5.62. The second kappa shape index (κ2) is 10.2. The summed E-state index contributed by atoms with van der Waals surface area (Å²) < 4.78 is 0. The summed E-state index contributed by atoms with van der Waals surface area (Å²) in [6, 6.07) is 8.11. The predicted molar refractivity (Wildman–Crippen MR) is 133 cm³/mol. The van der Waals surface area contributed by atoms with Crippen LogP contribution in [0.25, 0.3) is 0 Å². The summed E-state index contributed by atoms with van der Waals surface area (Å²) >= 11 is 0. The zero-order chi connectivity index (χ0) is 23.6. The number of carbonyl (C=O) groups is 2. The molecule has 2 amide bonds. The maximum atomic E-state index is 13.6. The topological polar surface area (TPSA) is 43.9 Å². The maximum absolute atomic E-state index is 13.6. The van der Waals surface area contributed by atoms with Gasteiger partial charge in [0.2, 0.25) is 5.91 Å². The Morgan fingerprint density at radius 2 is 1.39 bits per heavy atom. The van der Waals surface area contributed by atoms with Crippen LogP contribution in [0.4, 0.5) is 0 Å². The second-order valence-electron chi connectivity index (χ2n) is 11.7. The summed E-state index contributed by atoms with van der Waals surface area (Å²) in [6.45, 7) is 13.7. The molecule has 1 unspecified atom stereocenters. The van der Waals surface area contributed by atoms with E-state index in [1.54, 1.807) is 0 Å². The normalized spacial score (nSPS) is 22.5. The average molecular weight is 454 g/mol. The van der Waals surface area contributed by atoms with Crippen LogP contribution in [-0.4, -0.2) is 71.8 Å². The lowest BCUT2D eigenvalue weighted by Gasteiger charge is -2.43. The molecule has 3 aliphatic rings. The zero-order valence-electron chi connectivity index (χ0n) is 21.2. The van der Waals surface area contributed by atoms with Crippen LogP contribution in [0.15, 0.2) is 24.3 Å². The Bertz CT molecular complexity index is 807. The highest BCUT2D eigenvalue weighted by atomic mass is 16.2. The lowest BCUT2D eigenvalue weighted by molar-refractivity contribution is -0.141. The Morgan fingerprint density at radius 1 is 0.818 bits per heavy atom. The smallest absolute Gasteiger partial charge is 0.253 e. The molecular weight excluding hydrogens is 410 g/mol. The Labute approximate surface area is 200 Å². The molecule has 1 aromatic carbocycles. The van der Waals surface area contributed by atoms with Gasteiger partial charge in [-0.05, 0) is 60.6 Å². The van der Waals surface area contributed by atoms with Gasteiger partial charge in [-0.25, -0.2) is 0 Å². The van der Waals surface area contributed by atoms with Crippen molar-refractivity contribution < 1.29 is 9.59 Å². The van der Waals surface area contributed by atoms with E-state index >= 15 is 0 Å². The quantitative estimate of drug-likeness (QED) is 0.671. The lowest BCUT2D eigenvalue weighted by atomic mass is 9.86. The van der Waals surface area contributed by atoms with Crippen LogP contribution >= 0.6 is 0 Å². The van der Waals surface area contributed by atoms with E-state index < -0.39 is 0 Å². The van der Waals surface area contributed by atoms with E-state index in [2.05, 4.69) is 49.6 Å².